The van der Waals surface area contributed by atoms with Crippen LogP contribution in [0.2, 0.25) is 0 Å². The molecule has 2 aromatic rings. The molecule has 0 saturated carbocycles. The van der Waals surface area contributed by atoms with Gasteiger partial charge in [0.2, 0.25) is 0 Å². The monoisotopic (exact) mass is 260 g/mol. The van der Waals surface area contributed by atoms with E-state index in [0.717, 1.165) is 0 Å². The molecule has 0 unspecified atom stereocenters. The summed E-state index contributed by atoms with van der Waals surface area (Å²) in [6.45, 7) is 0. The van der Waals surface area contributed by atoms with E-state index in [4.69, 9.17) is 9.44 Å². The molecule has 0 saturated heterocycles. The third-order valence-electron chi connectivity index (χ3n) is 2.13. The molecule has 18 heavy (non-hydrogen) atoms. The van der Waals surface area contributed by atoms with Crippen LogP contribution in [-0.4, -0.2) is 13.4 Å². The maximum absolute atomic E-state index is 11.9. The van der Waals surface area contributed by atoms with Gasteiger partial charge in [0, 0.05) is 12.4 Å². The molecule has 0 bridgehead atoms. The molecule has 1 aromatic carbocycles. The van der Waals surface area contributed by atoms with Crippen LogP contribution in [0.4, 0.5) is 0 Å². The van der Waals surface area contributed by atoms with Gasteiger partial charge < -0.3 is 4.18 Å². The van der Waals surface area contributed by atoms with E-state index in [1.165, 1.54) is 36.7 Å². The minimum Gasteiger partial charge on any atom is -0.378 e. The predicted octanol–water partition coefficient (Wildman–Crippen LogP) is 1.72. The van der Waals surface area contributed by atoms with Crippen molar-refractivity contribution in [3.63, 3.8) is 0 Å². The van der Waals surface area contributed by atoms with Gasteiger partial charge in [-0.05, 0) is 24.3 Å². The number of para-hydroxylation sites is 1. The molecule has 0 radical (unpaired) electrons. The van der Waals surface area contributed by atoms with Gasteiger partial charge in [0.25, 0.3) is 0 Å². The van der Waals surface area contributed by atoms with Crippen LogP contribution in [-0.2, 0) is 10.1 Å². The van der Waals surface area contributed by atoms with Gasteiger partial charge in [0.1, 0.15) is 11.0 Å². The third-order valence-corrected chi connectivity index (χ3v) is 3.35. The summed E-state index contributed by atoms with van der Waals surface area (Å²) >= 11 is 0. The van der Waals surface area contributed by atoms with Gasteiger partial charge in [-0.25, -0.2) is 0 Å². The second kappa shape index (κ2) is 4.85. The minimum atomic E-state index is -3.96. The summed E-state index contributed by atoms with van der Waals surface area (Å²) in [5.74, 6) is 0.00357. The summed E-state index contributed by atoms with van der Waals surface area (Å²) in [5, 5.41) is 8.85. The van der Waals surface area contributed by atoms with Gasteiger partial charge in [-0.2, -0.15) is 13.7 Å². The van der Waals surface area contributed by atoms with Gasteiger partial charge >= 0.3 is 10.1 Å². The first-order valence-corrected chi connectivity index (χ1v) is 6.38. The number of rotatable bonds is 3. The quantitative estimate of drug-likeness (QED) is 0.785. The second-order valence-corrected chi connectivity index (χ2v) is 4.88. The van der Waals surface area contributed by atoms with Gasteiger partial charge in [-0.15, -0.1) is 0 Å². The molecule has 1 heterocycles. The highest BCUT2D eigenvalue weighted by Gasteiger charge is 2.18. The van der Waals surface area contributed by atoms with Crippen LogP contribution in [0.15, 0.2) is 53.7 Å². The fourth-order valence-electron chi connectivity index (χ4n) is 1.29. The standard InChI is InChI=1S/C12H8N2O3S/c13-8-10-4-1-2-6-12(10)17-18(15,16)11-5-3-7-14-9-11/h1-7,9H. The molecular weight excluding hydrogens is 252 g/mol. The lowest BCUT2D eigenvalue weighted by Gasteiger charge is -2.07. The van der Waals surface area contributed by atoms with E-state index < -0.39 is 10.1 Å². The Morgan fingerprint density at radius 3 is 2.61 bits per heavy atom. The number of benzene rings is 1. The Balaban J connectivity index is 2.38. The van der Waals surface area contributed by atoms with E-state index in [1.807, 2.05) is 6.07 Å². The van der Waals surface area contributed by atoms with Gasteiger partial charge in [0.15, 0.2) is 5.75 Å². The number of aromatic nitrogens is 1. The molecule has 0 atom stereocenters. The summed E-state index contributed by atoms with van der Waals surface area (Å²) < 4.78 is 28.7. The number of nitriles is 1. The van der Waals surface area contributed by atoms with Crippen molar-refractivity contribution < 1.29 is 12.6 Å². The molecule has 1 aromatic heterocycles. The van der Waals surface area contributed by atoms with E-state index in [9.17, 15) is 8.42 Å². The molecule has 0 N–H and O–H groups in total. The summed E-state index contributed by atoms with van der Waals surface area (Å²) in [4.78, 5) is 3.65. The Labute approximate surface area is 104 Å². The smallest absolute Gasteiger partial charge is 0.340 e. The summed E-state index contributed by atoms with van der Waals surface area (Å²) in [5.41, 5.74) is 0.157. The highest BCUT2D eigenvalue weighted by atomic mass is 32.2. The Kier molecular flexibility index (Phi) is 3.26. The molecule has 2 rings (SSSR count). The molecule has 90 valence electrons. The van der Waals surface area contributed by atoms with Gasteiger partial charge in [0.05, 0.1) is 5.56 Å². The molecule has 0 spiro atoms. The summed E-state index contributed by atoms with van der Waals surface area (Å²) in [6.07, 6.45) is 2.65. The van der Waals surface area contributed by atoms with Crippen molar-refractivity contribution in [3.05, 3.63) is 54.4 Å². The van der Waals surface area contributed by atoms with E-state index in [0.29, 0.717) is 0 Å². The van der Waals surface area contributed by atoms with Crippen molar-refractivity contribution in [1.82, 2.24) is 4.98 Å². The summed E-state index contributed by atoms with van der Waals surface area (Å²) in [6, 6.07) is 10.9. The number of nitrogens with zero attached hydrogens (tertiary/aromatic N) is 2. The average Bonchev–Trinajstić information content (AvgIpc) is 2.40. The minimum absolute atomic E-state index is 0.00357. The average molecular weight is 260 g/mol. The van der Waals surface area contributed by atoms with Crippen LogP contribution >= 0.6 is 0 Å². The highest BCUT2D eigenvalue weighted by Crippen LogP contribution is 2.21. The SMILES string of the molecule is N#Cc1ccccc1OS(=O)(=O)c1cccnc1. The largest absolute Gasteiger partial charge is 0.378 e. The lowest BCUT2D eigenvalue weighted by atomic mass is 10.2. The zero-order valence-electron chi connectivity index (χ0n) is 9.15. The van der Waals surface area contributed by atoms with Crippen molar-refractivity contribution in [2.45, 2.75) is 4.90 Å². The Bertz CT molecular complexity index is 691. The van der Waals surface area contributed by atoms with Crippen molar-refractivity contribution in [2.24, 2.45) is 0 Å². The van der Waals surface area contributed by atoms with Crippen molar-refractivity contribution in [2.75, 3.05) is 0 Å². The van der Waals surface area contributed by atoms with Crippen molar-refractivity contribution in [3.8, 4) is 11.8 Å². The van der Waals surface area contributed by atoms with Crippen molar-refractivity contribution >= 4 is 10.1 Å². The number of hydrogen-bond acceptors (Lipinski definition) is 5. The van der Waals surface area contributed by atoms with Crippen LogP contribution in [0.1, 0.15) is 5.56 Å². The van der Waals surface area contributed by atoms with Crippen LogP contribution in [0.25, 0.3) is 0 Å². The lowest BCUT2D eigenvalue weighted by Crippen LogP contribution is -2.10. The maximum atomic E-state index is 11.9. The van der Waals surface area contributed by atoms with Crippen LogP contribution in [0.5, 0.6) is 5.75 Å². The second-order valence-electron chi connectivity index (χ2n) is 3.33. The van der Waals surface area contributed by atoms with Crippen LogP contribution in [0, 0.1) is 11.3 Å². The molecule has 0 fully saturated rings. The molecule has 5 nitrogen and oxygen atoms in total. The predicted molar refractivity (Wildman–Crippen MR) is 63.2 cm³/mol. The lowest BCUT2D eigenvalue weighted by molar-refractivity contribution is 0.485. The highest BCUT2D eigenvalue weighted by molar-refractivity contribution is 7.87. The summed E-state index contributed by atoms with van der Waals surface area (Å²) in [7, 11) is -3.96. The van der Waals surface area contributed by atoms with Gasteiger partial charge in [-0.3, -0.25) is 4.98 Å². The van der Waals surface area contributed by atoms with E-state index in [1.54, 1.807) is 12.1 Å². The topological polar surface area (TPSA) is 80.0 Å². The molecular formula is C12H8N2O3S. The Hall–Kier alpha value is -2.39. The molecule has 6 heteroatoms. The zero-order valence-corrected chi connectivity index (χ0v) is 9.96. The van der Waals surface area contributed by atoms with Gasteiger partial charge in [-0.1, -0.05) is 12.1 Å². The number of pyridine rings is 1. The van der Waals surface area contributed by atoms with Crippen LogP contribution < -0.4 is 4.18 Å². The third kappa shape index (κ3) is 2.47. The molecule has 0 aliphatic carbocycles. The maximum Gasteiger partial charge on any atom is 0.340 e. The Morgan fingerprint density at radius 2 is 1.94 bits per heavy atom. The number of hydrogen-bond donors (Lipinski definition) is 0. The van der Waals surface area contributed by atoms with E-state index in [-0.39, 0.29) is 16.2 Å². The first-order valence-electron chi connectivity index (χ1n) is 4.97. The molecule has 0 aliphatic heterocycles. The molecule has 0 aliphatic rings. The van der Waals surface area contributed by atoms with E-state index in [2.05, 4.69) is 4.98 Å². The normalized spacial score (nSPS) is 10.6. The Morgan fingerprint density at radius 1 is 1.17 bits per heavy atom. The molecule has 0 amide bonds. The van der Waals surface area contributed by atoms with Crippen molar-refractivity contribution in [1.29, 1.82) is 5.26 Å². The van der Waals surface area contributed by atoms with E-state index >= 15 is 0 Å². The first kappa shape index (κ1) is 12.1. The fraction of sp³-hybridized carbons (Fsp3) is 0. The van der Waals surface area contributed by atoms with Crippen LogP contribution in [0.3, 0.4) is 0 Å². The first-order chi connectivity index (χ1) is 8.63. The zero-order chi connectivity index (χ0) is 13.0. The fourth-order valence-corrected chi connectivity index (χ4v) is 2.21.